The summed E-state index contributed by atoms with van der Waals surface area (Å²) in [6, 6.07) is 7.93. The van der Waals surface area contributed by atoms with Gasteiger partial charge in [-0.1, -0.05) is 30.1 Å². The van der Waals surface area contributed by atoms with Gasteiger partial charge in [-0.05, 0) is 37.5 Å². The maximum Gasteiger partial charge on any atom is 0.247 e. The van der Waals surface area contributed by atoms with Crippen molar-refractivity contribution in [3.8, 4) is 5.75 Å². The smallest absolute Gasteiger partial charge is 0.247 e. The zero-order chi connectivity index (χ0) is 25.2. The average molecular weight is 487 g/mol. The van der Waals surface area contributed by atoms with E-state index in [9.17, 15) is 14.4 Å². The third-order valence-corrected chi connectivity index (χ3v) is 5.99. The molecule has 1 aromatic carbocycles. The molecule has 1 aromatic heterocycles. The van der Waals surface area contributed by atoms with Crippen LogP contribution in [-0.2, 0) is 19.1 Å². The molecule has 3 amide bonds. The number of carbonyl (C=O) groups is 3. The molecule has 1 aliphatic carbocycles. The van der Waals surface area contributed by atoms with Crippen molar-refractivity contribution in [1.29, 1.82) is 0 Å². The topological polar surface area (TPSA) is 123 Å². The summed E-state index contributed by atoms with van der Waals surface area (Å²) in [7, 11) is 3.09. The first-order chi connectivity index (χ1) is 16.9. The summed E-state index contributed by atoms with van der Waals surface area (Å²) in [5, 5.41) is 9.46. The van der Waals surface area contributed by atoms with Crippen LogP contribution in [0.15, 0.2) is 34.9 Å². The number of hydrogen-bond acceptors (Lipinski definition) is 7. The molecule has 10 heteroatoms. The first kappa shape index (κ1) is 26.2. The standard InChI is InChI=1S/C25H34N4O6/c1-17-15-21(28-35-17)27-22(30)11-12-23(31)29(13-14-33-2)24(18-7-6-10-20(16-18)34-3)25(32)26-19-8-4-5-9-19/h6-7,10,15-16,19,24H,4-5,8-9,11-14H2,1-3H3,(H,26,32)(H,27,28,30)/t24-/m1/s1. The van der Waals surface area contributed by atoms with E-state index in [0.717, 1.165) is 25.7 Å². The van der Waals surface area contributed by atoms with Gasteiger partial charge in [-0.3, -0.25) is 14.4 Å². The molecular formula is C25H34N4O6. The minimum Gasteiger partial charge on any atom is -0.497 e. The lowest BCUT2D eigenvalue weighted by Crippen LogP contribution is -2.47. The molecular weight excluding hydrogens is 452 g/mol. The van der Waals surface area contributed by atoms with E-state index < -0.39 is 6.04 Å². The Kier molecular flexibility index (Phi) is 9.66. The highest BCUT2D eigenvalue weighted by molar-refractivity contribution is 5.94. The lowest BCUT2D eigenvalue weighted by Gasteiger charge is -2.32. The lowest BCUT2D eigenvalue weighted by molar-refractivity contribution is -0.142. The van der Waals surface area contributed by atoms with E-state index in [4.69, 9.17) is 14.0 Å². The Morgan fingerprint density at radius 3 is 2.60 bits per heavy atom. The van der Waals surface area contributed by atoms with Crippen LogP contribution in [0, 0.1) is 6.92 Å². The van der Waals surface area contributed by atoms with Crippen LogP contribution in [0.3, 0.4) is 0 Å². The zero-order valence-corrected chi connectivity index (χ0v) is 20.5. The minimum atomic E-state index is -0.880. The zero-order valence-electron chi connectivity index (χ0n) is 20.5. The van der Waals surface area contributed by atoms with Crippen molar-refractivity contribution >= 4 is 23.5 Å². The van der Waals surface area contributed by atoms with E-state index in [1.807, 2.05) is 0 Å². The fraction of sp³-hybridized carbons (Fsp3) is 0.520. The number of anilines is 1. The van der Waals surface area contributed by atoms with Gasteiger partial charge in [0.05, 0.1) is 13.7 Å². The minimum absolute atomic E-state index is 0.0662. The van der Waals surface area contributed by atoms with Gasteiger partial charge in [0.1, 0.15) is 17.6 Å². The second kappa shape index (κ2) is 12.9. The molecule has 1 heterocycles. The van der Waals surface area contributed by atoms with Crippen LogP contribution in [0.2, 0.25) is 0 Å². The Morgan fingerprint density at radius 2 is 1.94 bits per heavy atom. The summed E-state index contributed by atoms with van der Waals surface area (Å²) in [6.07, 6.45) is 3.84. The molecule has 3 rings (SSSR count). The Labute approximate surface area is 205 Å². The van der Waals surface area contributed by atoms with Crippen molar-refractivity contribution in [2.75, 3.05) is 32.7 Å². The second-order valence-corrected chi connectivity index (χ2v) is 8.62. The third kappa shape index (κ3) is 7.54. The number of ether oxygens (including phenoxy) is 2. The quantitative estimate of drug-likeness (QED) is 0.473. The highest BCUT2D eigenvalue weighted by Gasteiger charge is 2.33. The number of aromatic nitrogens is 1. The molecule has 10 nitrogen and oxygen atoms in total. The summed E-state index contributed by atoms with van der Waals surface area (Å²) in [5.41, 5.74) is 0.631. The van der Waals surface area contributed by atoms with E-state index in [1.165, 1.54) is 12.0 Å². The van der Waals surface area contributed by atoms with E-state index >= 15 is 0 Å². The number of carbonyl (C=O) groups excluding carboxylic acids is 3. The molecule has 0 aliphatic heterocycles. The van der Waals surface area contributed by atoms with E-state index in [2.05, 4.69) is 15.8 Å². The molecule has 190 valence electrons. The fourth-order valence-corrected chi connectivity index (χ4v) is 4.22. The first-order valence-corrected chi connectivity index (χ1v) is 11.9. The predicted octanol–water partition coefficient (Wildman–Crippen LogP) is 2.99. The van der Waals surface area contributed by atoms with Crippen LogP contribution in [0.1, 0.15) is 55.9 Å². The van der Waals surface area contributed by atoms with E-state index in [0.29, 0.717) is 22.9 Å². The molecule has 0 saturated heterocycles. The Bertz CT molecular complexity index is 1000. The Balaban J connectivity index is 1.78. The third-order valence-electron chi connectivity index (χ3n) is 5.99. The van der Waals surface area contributed by atoms with Gasteiger partial charge in [0.25, 0.3) is 0 Å². The van der Waals surface area contributed by atoms with Crippen LogP contribution in [0.25, 0.3) is 0 Å². The predicted molar refractivity (Wildman–Crippen MR) is 129 cm³/mol. The summed E-state index contributed by atoms with van der Waals surface area (Å²) in [5.74, 6) is 0.493. The van der Waals surface area contributed by atoms with Crippen LogP contribution < -0.4 is 15.4 Å². The van der Waals surface area contributed by atoms with Crippen LogP contribution in [0.5, 0.6) is 5.75 Å². The first-order valence-electron chi connectivity index (χ1n) is 11.9. The molecule has 35 heavy (non-hydrogen) atoms. The summed E-state index contributed by atoms with van der Waals surface area (Å²) in [4.78, 5) is 40.7. The molecule has 0 unspecified atom stereocenters. The van der Waals surface area contributed by atoms with Gasteiger partial charge in [-0.25, -0.2) is 0 Å². The largest absolute Gasteiger partial charge is 0.497 e. The second-order valence-electron chi connectivity index (χ2n) is 8.62. The van der Waals surface area contributed by atoms with Crippen LogP contribution >= 0.6 is 0 Å². The van der Waals surface area contributed by atoms with Crippen molar-refractivity contribution in [3.63, 3.8) is 0 Å². The average Bonchev–Trinajstić information content (AvgIpc) is 3.51. The van der Waals surface area contributed by atoms with Gasteiger partial charge in [0, 0.05) is 38.6 Å². The van der Waals surface area contributed by atoms with Gasteiger partial charge in [0.15, 0.2) is 5.82 Å². The van der Waals surface area contributed by atoms with Crippen molar-refractivity contribution < 1.29 is 28.4 Å². The van der Waals surface area contributed by atoms with Crippen molar-refractivity contribution in [1.82, 2.24) is 15.4 Å². The number of amides is 3. The Hall–Kier alpha value is -3.40. The van der Waals surface area contributed by atoms with Gasteiger partial charge < -0.3 is 29.5 Å². The number of nitrogens with one attached hydrogen (secondary N) is 2. The van der Waals surface area contributed by atoms with Gasteiger partial charge in [-0.15, -0.1) is 0 Å². The van der Waals surface area contributed by atoms with E-state index in [-0.39, 0.29) is 49.8 Å². The van der Waals surface area contributed by atoms with Crippen LogP contribution in [-0.4, -0.2) is 61.2 Å². The molecule has 0 spiro atoms. The molecule has 1 saturated carbocycles. The number of hydrogen-bond donors (Lipinski definition) is 2. The maximum atomic E-state index is 13.5. The normalized spacial score (nSPS) is 14.4. The summed E-state index contributed by atoms with van der Waals surface area (Å²) >= 11 is 0. The number of methoxy groups -OCH3 is 2. The van der Waals surface area contributed by atoms with Gasteiger partial charge in [-0.2, -0.15) is 0 Å². The number of aryl methyl sites for hydroxylation is 1. The maximum absolute atomic E-state index is 13.5. The Morgan fingerprint density at radius 1 is 1.17 bits per heavy atom. The highest BCUT2D eigenvalue weighted by atomic mass is 16.5. The number of benzene rings is 1. The van der Waals surface area contributed by atoms with Crippen molar-refractivity contribution in [2.24, 2.45) is 0 Å². The van der Waals surface area contributed by atoms with Crippen LogP contribution in [0.4, 0.5) is 5.82 Å². The molecule has 0 bridgehead atoms. The number of rotatable bonds is 12. The summed E-state index contributed by atoms with van der Waals surface area (Å²) in [6.45, 7) is 2.15. The van der Waals surface area contributed by atoms with Crippen molar-refractivity contribution in [2.45, 2.75) is 57.5 Å². The van der Waals surface area contributed by atoms with E-state index in [1.54, 1.807) is 44.4 Å². The van der Waals surface area contributed by atoms with Crippen molar-refractivity contribution in [3.05, 3.63) is 41.7 Å². The van der Waals surface area contributed by atoms with Gasteiger partial charge >= 0.3 is 0 Å². The molecule has 1 fully saturated rings. The van der Waals surface area contributed by atoms with Gasteiger partial charge in [0.2, 0.25) is 17.7 Å². The monoisotopic (exact) mass is 486 g/mol. The number of nitrogens with zero attached hydrogens (tertiary/aromatic N) is 2. The molecule has 2 aromatic rings. The molecule has 1 atom stereocenters. The lowest BCUT2D eigenvalue weighted by atomic mass is 10.0. The SMILES string of the molecule is COCCN(C(=O)CCC(=O)Nc1cc(C)on1)[C@@H](C(=O)NC1CCCC1)c1cccc(OC)c1. The molecule has 0 radical (unpaired) electrons. The molecule has 2 N–H and O–H groups in total. The highest BCUT2D eigenvalue weighted by Crippen LogP contribution is 2.27. The molecule has 1 aliphatic rings. The summed E-state index contributed by atoms with van der Waals surface area (Å²) < 4.78 is 15.5. The fourth-order valence-electron chi connectivity index (χ4n) is 4.22.